The molecule has 1 aromatic rings. The molecule has 0 unspecified atom stereocenters. The Morgan fingerprint density at radius 3 is 3.00 bits per heavy atom. The molecule has 7 heteroatoms. The Kier molecular flexibility index (Phi) is 7.32. The number of hydrogen-bond donors (Lipinski definition) is 1. The fourth-order valence-corrected chi connectivity index (χ4v) is 2.83. The second-order valence-corrected chi connectivity index (χ2v) is 6.13. The van der Waals surface area contributed by atoms with E-state index in [0.29, 0.717) is 53.1 Å². The van der Waals surface area contributed by atoms with Crippen molar-refractivity contribution in [2.45, 2.75) is 13.3 Å². The third-order valence-electron chi connectivity index (χ3n) is 3.41. The van der Waals surface area contributed by atoms with Gasteiger partial charge in [-0.05, 0) is 43.2 Å². The molecule has 0 saturated carbocycles. The first-order valence-corrected chi connectivity index (χ1v) is 8.61. The summed E-state index contributed by atoms with van der Waals surface area (Å²) in [6.45, 7) is 3.78. The summed E-state index contributed by atoms with van der Waals surface area (Å²) in [7, 11) is 0. The molecule has 5 nitrogen and oxygen atoms in total. The van der Waals surface area contributed by atoms with E-state index in [9.17, 15) is 10.1 Å². The van der Waals surface area contributed by atoms with Gasteiger partial charge in [0.25, 0.3) is 5.91 Å². The lowest BCUT2D eigenvalue weighted by Gasteiger charge is -2.18. The molecule has 1 N–H and O–H groups in total. The number of hydrogen-bond acceptors (Lipinski definition) is 4. The zero-order valence-electron chi connectivity index (χ0n) is 13.8. The van der Waals surface area contributed by atoms with Crippen LogP contribution in [0, 0.1) is 11.3 Å². The third kappa shape index (κ3) is 5.50. The van der Waals surface area contributed by atoms with Gasteiger partial charge in [-0.2, -0.15) is 5.26 Å². The van der Waals surface area contributed by atoms with Gasteiger partial charge in [0.15, 0.2) is 0 Å². The number of carbonyl (C=O) groups is 1. The second-order valence-electron chi connectivity index (χ2n) is 5.29. The van der Waals surface area contributed by atoms with Crippen molar-refractivity contribution in [3.63, 3.8) is 0 Å². The first kappa shape index (κ1) is 19.3. The average molecular weight is 381 g/mol. The Labute approximate surface area is 156 Å². The number of halogens is 2. The molecule has 1 amide bonds. The SMILES string of the molecule is CCOCCCNC(=O)C(C#N)=CC1=Cc2cc(Cl)cc(Cl)c2OC1. The Morgan fingerprint density at radius 2 is 2.28 bits per heavy atom. The van der Waals surface area contributed by atoms with Crippen molar-refractivity contribution in [3.05, 3.63) is 45.0 Å². The predicted octanol–water partition coefficient (Wildman–Crippen LogP) is 3.76. The summed E-state index contributed by atoms with van der Waals surface area (Å²) in [5.41, 5.74) is 1.42. The van der Waals surface area contributed by atoms with Crippen LogP contribution < -0.4 is 10.1 Å². The van der Waals surface area contributed by atoms with Crippen molar-refractivity contribution in [1.29, 1.82) is 5.26 Å². The van der Waals surface area contributed by atoms with E-state index in [-0.39, 0.29) is 12.2 Å². The molecule has 0 aromatic heterocycles. The number of fused-ring (bicyclic) bond motifs is 1. The molecule has 0 aliphatic carbocycles. The summed E-state index contributed by atoms with van der Waals surface area (Å²) in [6, 6.07) is 5.24. The Morgan fingerprint density at radius 1 is 1.48 bits per heavy atom. The minimum Gasteiger partial charge on any atom is -0.487 e. The van der Waals surface area contributed by atoms with Crippen molar-refractivity contribution in [3.8, 4) is 11.8 Å². The summed E-state index contributed by atoms with van der Waals surface area (Å²) in [5, 5.41) is 12.8. The highest BCUT2D eigenvalue weighted by molar-refractivity contribution is 6.36. The van der Waals surface area contributed by atoms with Crippen molar-refractivity contribution < 1.29 is 14.3 Å². The Hall–Kier alpha value is -2.00. The zero-order valence-corrected chi connectivity index (χ0v) is 15.3. The average Bonchev–Trinajstić information content (AvgIpc) is 2.58. The number of nitriles is 1. The molecular formula is C18H18Cl2N2O3. The maximum atomic E-state index is 12.1. The molecule has 1 heterocycles. The van der Waals surface area contributed by atoms with Crippen LogP contribution in [0.2, 0.25) is 10.0 Å². The number of nitrogens with zero attached hydrogens (tertiary/aromatic N) is 1. The fraction of sp³-hybridized carbons (Fsp3) is 0.333. The van der Waals surface area contributed by atoms with Gasteiger partial charge in [0.2, 0.25) is 0 Å². The highest BCUT2D eigenvalue weighted by Gasteiger charge is 2.16. The topological polar surface area (TPSA) is 71.3 Å². The molecule has 0 radical (unpaired) electrons. The van der Waals surface area contributed by atoms with Crippen LogP contribution in [0.15, 0.2) is 29.4 Å². The minimum absolute atomic E-state index is 0.0165. The number of nitrogens with one attached hydrogen (secondary N) is 1. The third-order valence-corrected chi connectivity index (χ3v) is 3.91. The molecule has 25 heavy (non-hydrogen) atoms. The lowest BCUT2D eigenvalue weighted by molar-refractivity contribution is -0.117. The molecule has 1 aliphatic heterocycles. The summed E-state index contributed by atoms with van der Waals surface area (Å²) in [6.07, 6.45) is 4.00. The number of rotatable bonds is 7. The highest BCUT2D eigenvalue weighted by atomic mass is 35.5. The van der Waals surface area contributed by atoms with Crippen LogP contribution in [0.25, 0.3) is 6.08 Å². The molecule has 2 rings (SSSR count). The summed E-state index contributed by atoms with van der Waals surface area (Å²) < 4.78 is 10.8. The maximum Gasteiger partial charge on any atom is 0.261 e. The minimum atomic E-state index is -0.421. The number of amides is 1. The van der Waals surface area contributed by atoms with Crippen LogP contribution >= 0.6 is 23.2 Å². The van der Waals surface area contributed by atoms with Crippen LogP contribution in [0.1, 0.15) is 18.9 Å². The summed E-state index contributed by atoms with van der Waals surface area (Å²) >= 11 is 12.1. The Bertz CT molecular complexity index is 751. The van der Waals surface area contributed by atoms with Crippen molar-refractivity contribution in [2.24, 2.45) is 0 Å². The van der Waals surface area contributed by atoms with E-state index in [1.54, 1.807) is 18.2 Å². The van der Waals surface area contributed by atoms with Crippen molar-refractivity contribution in [2.75, 3.05) is 26.4 Å². The maximum absolute atomic E-state index is 12.1. The monoisotopic (exact) mass is 380 g/mol. The van der Waals surface area contributed by atoms with Crippen LogP contribution in [-0.2, 0) is 9.53 Å². The van der Waals surface area contributed by atoms with Crippen LogP contribution in [0.3, 0.4) is 0 Å². The molecule has 0 bridgehead atoms. The largest absolute Gasteiger partial charge is 0.487 e. The van der Waals surface area contributed by atoms with Gasteiger partial charge < -0.3 is 14.8 Å². The summed E-state index contributed by atoms with van der Waals surface area (Å²) in [5.74, 6) is 0.122. The van der Waals surface area contributed by atoms with E-state index in [1.165, 1.54) is 6.08 Å². The van der Waals surface area contributed by atoms with Crippen molar-refractivity contribution in [1.82, 2.24) is 5.32 Å². The van der Waals surface area contributed by atoms with Gasteiger partial charge in [-0.3, -0.25) is 4.79 Å². The first-order chi connectivity index (χ1) is 12.0. The van der Waals surface area contributed by atoms with E-state index in [1.807, 2.05) is 13.0 Å². The molecule has 1 aromatic carbocycles. The predicted molar refractivity (Wildman–Crippen MR) is 97.7 cm³/mol. The number of carbonyl (C=O) groups excluding carboxylic acids is 1. The number of benzene rings is 1. The van der Waals surface area contributed by atoms with Crippen LogP contribution in [-0.4, -0.2) is 32.3 Å². The van der Waals surface area contributed by atoms with Gasteiger partial charge in [0.05, 0.1) is 5.02 Å². The van der Waals surface area contributed by atoms with Crippen molar-refractivity contribution >= 4 is 35.2 Å². The van der Waals surface area contributed by atoms with E-state index in [2.05, 4.69) is 5.32 Å². The van der Waals surface area contributed by atoms with Gasteiger partial charge in [0, 0.05) is 30.3 Å². The van der Waals surface area contributed by atoms with E-state index in [0.717, 1.165) is 0 Å². The molecule has 1 aliphatic rings. The first-order valence-electron chi connectivity index (χ1n) is 7.85. The van der Waals surface area contributed by atoms with E-state index >= 15 is 0 Å². The molecule has 0 spiro atoms. The highest BCUT2D eigenvalue weighted by Crippen LogP contribution is 2.36. The van der Waals surface area contributed by atoms with Crippen LogP contribution in [0.4, 0.5) is 0 Å². The zero-order chi connectivity index (χ0) is 18.2. The standard InChI is InChI=1S/C18H18Cl2N2O3/c1-2-24-5-3-4-22-18(23)14(10-21)7-12-6-13-8-15(19)9-16(20)17(13)25-11-12/h6-9H,2-5,11H2,1H3,(H,22,23). The second kappa shape index (κ2) is 9.47. The molecular weight excluding hydrogens is 363 g/mol. The quantitative estimate of drug-likeness (QED) is 0.444. The van der Waals surface area contributed by atoms with Gasteiger partial charge in [0.1, 0.15) is 24.0 Å². The number of ether oxygens (including phenoxy) is 2. The van der Waals surface area contributed by atoms with Gasteiger partial charge in [-0.25, -0.2) is 0 Å². The smallest absolute Gasteiger partial charge is 0.261 e. The van der Waals surface area contributed by atoms with Crippen LogP contribution in [0.5, 0.6) is 5.75 Å². The molecule has 0 saturated heterocycles. The van der Waals surface area contributed by atoms with E-state index < -0.39 is 5.91 Å². The molecule has 0 atom stereocenters. The van der Waals surface area contributed by atoms with Gasteiger partial charge in [-0.15, -0.1) is 0 Å². The normalized spacial score (nSPS) is 13.4. The lowest BCUT2D eigenvalue weighted by Crippen LogP contribution is -2.26. The van der Waals surface area contributed by atoms with E-state index in [4.69, 9.17) is 32.7 Å². The lowest BCUT2D eigenvalue weighted by atomic mass is 10.0. The fourth-order valence-electron chi connectivity index (χ4n) is 2.27. The summed E-state index contributed by atoms with van der Waals surface area (Å²) in [4.78, 5) is 12.1. The Balaban J connectivity index is 2.08. The van der Waals surface area contributed by atoms with Gasteiger partial charge >= 0.3 is 0 Å². The molecule has 0 fully saturated rings. The van der Waals surface area contributed by atoms with Gasteiger partial charge in [-0.1, -0.05) is 23.2 Å². The molecule has 132 valence electrons.